The summed E-state index contributed by atoms with van der Waals surface area (Å²) in [6, 6.07) is 7.76. The van der Waals surface area contributed by atoms with Gasteiger partial charge in [-0.05, 0) is 42.1 Å². The fraction of sp³-hybridized carbons (Fsp3) is 0.286. The Kier molecular flexibility index (Phi) is 3.06. The molecule has 0 amide bonds. The molecule has 2 nitrogen and oxygen atoms in total. The van der Waals surface area contributed by atoms with Gasteiger partial charge in [0, 0.05) is 27.9 Å². The molecule has 1 unspecified atom stereocenters. The van der Waals surface area contributed by atoms with Gasteiger partial charge in [0.2, 0.25) is 0 Å². The predicted octanol–water partition coefficient (Wildman–Crippen LogP) is 4.23. The van der Waals surface area contributed by atoms with Crippen molar-refractivity contribution in [3.63, 3.8) is 0 Å². The summed E-state index contributed by atoms with van der Waals surface area (Å²) < 4.78 is 6.05. The van der Waals surface area contributed by atoms with Gasteiger partial charge >= 0.3 is 0 Å². The minimum Gasteiger partial charge on any atom is -0.484 e. The van der Waals surface area contributed by atoms with Gasteiger partial charge in [0.1, 0.15) is 11.9 Å². The average Bonchev–Trinajstić information content (AvgIpc) is 2.76. The average molecular weight is 280 g/mol. The van der Waals surface area contributed by atoms with Crippen molar-refractivity contribution < 1.29 is 4.74 Å². The van der Waals surface area contributed by atoms with Crippen molar-refractivity contribution in [1.29, 1.82) is 0 Å². The largest absolute Gasteiger partial charge is 0.484 e. The second-order valence-electron chi connectivity index (χ2n) is 4.60. The Bertz CT molecular complexity index is 581. The van der Waals surface area contributed by atoms with E-state index in [2.05, 4.69) is 18.4 Å². The molecule has 2 atom stereocenters. The fourth-order valence-corrected chi connectivity index (χ4v) is 3.50. The van der Waals surface area contributed by atoms with Gasteiger partial charge in [0.25, 0.3) is 0 Å². The number of halogens is 1. The summed E-state index contributed by atoms with van der Waals surface area (Å²) in [7, 11) is 0. The fourth-order valence-electron chi connectivity index (χ4n) is 2.35. The molecule has 2 N–H and O–H groups in total. The number of thiophene rings is 1. The summed E-state index contributed by atoms with van der Waals surface area (Å²) in [6.45, 7) is 2.11. The van der Waals surface area contributed by atoms with Gasteiger partial charge in [0.05, 0.1) is 0 Å². The summed E-state index contributed by atoms with van der Waals surface area (Å²) in [4.78, 5) is 1.27. The van der Waals surface area contributed by atoms with Gasteiger partial charge in [-0.2, -0.15) is 0 Å². The zero-order valence-electron chi connectivity index (χ0n) is 10.0. The first-order valence-electron chi connectivity index (χ1n) is 5.91. The van der Waals surface area contributed by atoms with Crippen LogP contribution in [-0.4, -0.2) is 0 Å². The van der Waals surface area contributed by atoms with E-state index < -0.39 is 0 Å². The third kappa shape index (κ3) is 2.03. The lowest BCUT2D eigenvalue weighted by atomic mass is 9.96. The van der Waals surface area contributed by atoms with Crippen LogP contribution in [0.5, 0.6) is 5.75 Å². The minimum atomic E-state index is -0.0149. The van der Waals surface area contributed by atoms with E-state index in [0.717, 1.165) is 17.7 Å². The molecule has 0 spiro atoms. The molecule has 0 aliphatic carbocycles. The van der Waals surface area contributed by atoms with E-state index in [9.17, 15) is 0 Å². The molecule has 0 radical (unpaired) electrons. The van der Waals surface area contributed by atoms with Gasteiger partial charge in [-0.25, -0.2) is 0 Å². The lowest BCUT2D eigenvalue weighted by molar-refractivity contribution is 0.164. The zero-order chi connectivity index (χ0) is 12.7. The van der Waals surface area contributed by atoms with Crippen LogP contribution in [0.15, 0.2) is 29.6 Å². The molecular weight excluding hydrogens is 266 g/mol. The van der Waals surface area contributed by atoms with Crippen molar-refractivity contribution in [1.82, 2.24) is 0 Å². The maximum Gasteiger partial charge on any atom is 0.135 e. The van der Waals surface area contributed by atoms with Crippen LogP contribution in [0.2, 0.25) is 5.02 Å². The predicted molar refractivity (Wildman–Crippen MR) is 75.4 cm³/mol. The Morgan fingerprint density at radius 1 is 1.39 bits per heavy atom. The minimum absolute atomic E-state index is 0.0149. The van der Waals surface area contributed by atoms with Crippen LogP contribution < -0.4 is 10.5 Å². The second kappa shape index (κ2) is 4.57. The SMILES string of the molecule is Cc1ccsc1C1C[C@@H](N)c2cc(Cl)ccc2O1. The number of fused-ring (bicyclic) bond motifs is 1. The van der Waals surface area contributed by atoms with Gasteiger partial charge in [-0.3, -0.25) is 0 Å². The molecule has 3 rings (SSSR count). The molecule has 4 heteroatoms. The summed E-state index contributed by atoms with van der Waals surface area (Å²) >= 11 is 7.72. The molecule has 1 aliphatic heterocycles. The maximum atomic E-state index is 6.23. The number of ether oxygens (including phenoxy) is 1. The number of hydrogen-bond acceptors (Lipinski definition) is 3. The van der Waals surface area contributed by atoms with Crippen LogP contribution in [-0.2, 0) is 0 Å². The summed E-state index contributed by atoms with van der Waals surface area (Å²) in [5.74, 6) is 0.857. The smallest absolute Gasteiger partial charge is 0.135 e. The lowest BCUT2D eigenvalue weighted by Gasteiger charge is -2.30. The number of aryl methyl sites for hydroxylation is 1. The van der Waals surface area contributed by atoms with E-state index in [0.29, 0.717) is 5.02 Å². The molecule has 18 heavy (non-hydrogen) atoms. The van der Waals surface area contributed by atoms with Crippen molar-refractivity contribution in [2.45, 2.75) is 25.5 Å². The first kappa shape index (κ1) is 12.0. The molecule has 1 aromatic heterocycles. The molecule has 0 bridgehead atoms. The van der Waals surface area contributed by atoms with E-state index >= 15 is 0 Å². The highest BCUT2D eigenvalue weighted by atomic mass is 35.5. The Hall–Kier alpha value is -1.03. The van der Waals surface area contributed by atoms with Crippen molar-refractivity contribution in [2.24, 2.45) is 5.73 Å². The van der Waals surface area contributed by atoms with Crippen molar-refractivity contribution in [3.8, 4) is 5.75 Å². The highest BCUT2D eigenvalue weighted by Crippen LogP contribution is 2.42. The topological polar surface area (TPSA) is 35.2 Å². The number of benzene rings is 1. The Morgan fingerprint density at radius 2 is 2.22 bits per heavy atom. The molecule has 2 heterocycles. The normalized spacial score (nSPS) is 22.4. The van der Waals surface area contributed by atoms with E-state index in [1.807, 2.05) is 18.2 Å². The van der Waals surface area contributed by atoms with E-state index in [4.69, 9.17) is 22.1 Å². The monoisotopic (exact) mass is 279 g/mol. The molecule has 94 valence electrons. The van der Waals surface area contributed by atoms with E-state index in [1.54, 1.807) is 11.3 Å². The molecule has 0 saturated carbocycles. The van der Waals surface area contributed by atoms with E-state index in [-0.39, 0.29) is 12.1 Å². The number of hydrogen-bond donors (Lipinski definition) is 1. The maximum absolute atomic E-state index is 6.23. The van der Waals surface area contributed by atoms with Crippen molar-refractivity contribution in [2.75, 3.05) is 0 Å². The van der Waals surface area contributed by atoms with Crippen LogP contribution in [0.4, 0.5) is 0 Å². The zero-order valence-corrected chi connectivity index (χ0v) is 11.6. The first-order chi connectivity index (χ1) is 8.65. The highest BCUT2D eigenvalue weighted by molar-refractivity contribution is 7.10. The number of rotatable bonds is 1. The Balaban J connectivity index is 1.97. The van der Waals surface area contributed by atoms with Crippen LogP contribution >= 0.6 is 22.9 Å². The standard InChI is InChI=1S/C14H14ClNOS/c1-8-4-5-18-14(8)13-7-11(16)10-6-9(15)2-3-12(10)17-13/h2-6,11,13H,7,16H2,1H3/t11-,13?/m1/s1. The van der Waals surface area contributed by atoms with Gasteiger partial charge in [0.15, 0.2) is 0 Å². The summed E-state index contributed by atoms with van der Waals surface area (Å²) in [5.41, 5.74) is 8.51. The summed E-state index contributed by atoms with van der Waals surface area (Å²) in [6.07, 6.45) is 0.864. The Morgan fingerprint density at radius 3 is 2.94 bits per heavy atom. The number of nitrogens with two attached hydrogens (primary N) is 1. The third-order valence-corrected chi connectivity index (χ3v) is 4.65. The molecule has 1 aliphatic rings. The van der Waals surface area contributed by atoms with Crippen LogP contribution in [0.1, 0.15) is 34.6 Å². The van der Waals surface area contributed by atoms with Gasteiger partial charge in [-0.15, -0.1) is 11.3 Å². The van der Waals surface area contributed by atoms with Crippen molar-refractivity contribution >= 4 is 22.9 Å². The molecule has 1 aromatic carbocycles. The highest BCUT2D eigenvalue weighted by Gasteiger charge is 2.28. The van der Waals surface area contributed by atoms with Gasteiger partial charge < -0.3 is 10.5 Å². The van der Waals surface area contributed by atoms with Crippen LogP contribution in [0.3, 0.4) is 0 Å². The quantitative estimate of drug-likeness (QED) is 0.848. The summed E-state index contributed by atoms with van der Waals surface area (Å²) in [5, 5.41) is 2.80. The first-order valence-corrected chi connectivity index (χ1v) is 7.16. The Labute approximate surface area is 115 Å². The molecule has 2 aromatic rings. The molecule has 0 saturated heterocycles. The molecular formula is C14H14ClNOS. The molecule has 0 fully saturated rings. The second-order valence-corrected chi connectivity index (χ2v) is 5.98. The van der Waals surface area contributed by atoms with Crippen LogP contribution in [0.25, 0.3) is 0 Å². The van der Waals surface area contributed by atoms with Gasteiger partial charge in [-0.1, -0.05) is 11.6 Å². The van der Waals surface area contributed by atoms with E-state index in [1.165, 1.54) is 10.4 Å². The van der Waals surface area contributed by atoms with Crippen LogP contribution in [0, 0.1) is 6.92 Å². The third-order valence-electron chi connectivity index (χ3n) is 3.30. The lowest BCUT2D eigenvalue weighted by Crippen LogP contribution is -2.23. The van der Waals surface area contributed by atoms with Crippen molar-refractivity contribution in [3.05, 3.63) is 50.7 Å².